The van der Waals surface area contributed by atoms with Crippen molar-refractivity contribution in [3.8, 4) is 0 Å². The normalized spacial score (nSPS) is 18.6. The van der Waals surface area contributed by atoms with Crippen LogP contribution in [0.1, 0.15) is 6.92 Å². The second-order valence-electron chi connectivity index (χ2n) is 3.11. The van der Waals surface area contributed by atoms with E-state index in [1.807, 2.05) is 0 Å². The van der Waals surface area contributed by atoms with Gasteiger partial charge in [0, 0.05) is 0 Å². The summed E-state index contributed by atoms with van der Waals surface area (Å²) in [5.41, 5.74) is 0. The number of carbonyl (C=O) groups excluding carboxylic acids is 1. The molecule has 0 aromatic carbocycles. The average molecular weight is 203 g/mol. The standard InChI is InChI=1S/C8H13NO5/c1-5(7(10)13-2)14-6-3-9(4-6)8(11)12/h5-6H,3-4H2,1-2H3,(H,11,12)/t5-/m0/s1. The number of hydrogen-bond donors (Lipinski definition) is 1. The minimum atomic E-state index is -0.962. The number of likely N-dealkylation sites (tertiary alicyclic amines) is 1. The van der Waals surface area contributed by atoms with Crippen LogP contribution >= 0.6 is 0 Å². The maximum Gasteiger partial charge on any atom is 0.407 e. The molecule has 6 nitrogen and oxygen atoms in total. The summed E-state index contributed by atoms with van der Waals surface area (Å²) in [5.74, 6) is -0.446. The third kappa shape index (κ3) is 2.35. The van der Waals surface area contributed by atoms with Gasteiger partial charge in [0.2, 0.25) is 0 Å². The Labute approximate surface area is 81.4 Å². The summed E-state index contributed by atoms with van der Waals surface area (Å²) in [6.07, 6.45) is -1.79. The van der Waals surface area contributed by atoms with Crippen molar-refractivity contribution in [2.24, 2.45) is 0 Å². The van der Waals surface area contributed by atoms with Gasteiger partial charge < -0.3 is 19.5 Å². The number of carboxylic acid groups (broad SMARTS) is 1. The quantitative estimate of drug-likeness (QED) is 0.649. The van der Waals surface area contributed by atoms with Gasteiger partial charge in [-0.15, -0.1) is 0 Å². The number of nitrogens with zero attached hydrogens (tertiary/aromatic N) is 1. The fourth-order valence-electron chi connectivity index (χ4n) is 1.19. The zero-order valence-electron chi connectivity index (χ0n) is 8.10. The number of methoxy groups -OCH3 is 1. The number of carbonyl (C=O) groups is 2. The summed E-state index contributed by atoms with van der Waals surface area (Å²) in [7, 11) is 1.28. The molecule has 1 atom stereocenters. The van der Waals surface area contributed by atoms with Gasteiger partial charge in [-0.05, 0) is 6.92 Å². The predicted molar refractivity (Wildman–Crippen MR) is 45.9 cm³/mol. The lowest BCUT2D eigenvalue weighted by Gasteiger charge is -2.37. The van der Waals surface area contributed by atoms with E-state index in [0.29, 0.717) is 13.1 Å². The summed E-state index contributed by atoms with van der Waals surface area (Å²) < 4.78 is 9.70. The van der Waals surface area contributed by atoms with Gasteiger partial charge in [0.05, 0.1) is 26.3 Å². The Morgan fingerprint density at radius 1 is 1.50 bits per heavy atom. The van der Waals surface area contributed by atoms with Crippen LogP contribution < -0.4 is 0 Å². The molecule has 0 bridgehead atoms. The third-order valence-electron chi connectivity index (χ3n) is 2.05. The minimum absolute atomic E-state index is 0.194. The van der Waals surface area contributed by atoms with Gasteiger partial charge in [0.25, 0.3) is 0 Å². The highest BCUT2D eigenvalue weighted by Gasteiger charge is 2.33. The zero-order chi connectivity index (χ0) is 10.7. The van der Waals surface area contributed by atoms with E-state index in [0.717, 1.165) is 0 Å². The van der Waals surface area contributed by atoms with E-state index >= 15 is 0 Å². The van der Waals surface area contributed by atoms with Crippen molar-refractivity contribution in [3.63, 3.8) is 0 Å². The van der Waals surface area contributed by atoms with Crippen LogP contribution in [0.2, 0.25) is 0 Å². The minimum Gasteiger partial charge on any atom is -0.467 e. The van der Waals surface area contributed by atoms with Crippen molar-refractivity contribution >= 4 is 12.1 Å². The molecule has 1 N–H and O–H groups in total. The van der Waals surface area contributed by atoms with Crippen molar-refractivity contribution < 1.29 is 24.2 Å². The van der Waals surface area contributed by atoms with Crippen molar-refractivity contribution in [2.75, 3.05) is 20.2 Å². The Kier molecular flexibility index (Phi) is 3.29. The Balaban J connectivity index is 2.22. The summed E-state index contributed by atoms with van der Waals surface area (Å²) in [6.45, 7) is 2.21. The van der Waals surface area contributed by atoms with E-state index < -0.39 is 18.2 Å². The molecule has 0 aromatic rings. The average Bonchev–Trinajstić information content (AvgIpc) is 2.07. The summed E-state index contributed by atoms with van der Waals surface area (Å²) in [6, 6.07) is 0. The van der Waals surface area contributed by atoms with Crippen LogP contribution in [-0.2, 0) is 14.3 Å². The molecule has 0 aromatic heterocycles. The van der Waals surface area contributed by atoms with E-state index in [9.17, 15) is 9.59 Å². The van der Waals surface area contributed by atoms with Gasteiger partial charge in [-0.1, -0.05) is 0 Å². The van der Waals surface area contributed by atoms with Crippen LogP contribution in [0.15, 0.2) is 0 Å². The first-order valence-electron chi connectivity index (χ1n) is 4.25. The number of ether oxygens (including phenoxy) is 2. The van der Waals surface area contributed by atoms with Gasteiger partial charge in [-0.25, -0.2) is 9.59 Å². The van der Waals surface area contributed by atoms with Crippen molar-refractivity contribution in [1.29, 1.82) is 0 Å². The molecule has 6 heteroatoms. The van der Waals surface area contributed by atoms with Crippen molar-refractivity contribution in [3.05, 3.63) is 0 Å². The molecule has 0 unspecified atom stereocenters. The topological polar surface area (TPSA) is 76.1 Å². The monoisotopic (exact) mass is 203 g/mol. The lowest BCUT2D eigenvalue weighted by molar-refractivity contribution is -0.161. The molecule has 1 fully saturated rings. The smallest absolute Gasteiger partial charge is 0.407 e. The molecule has 0 radical (unpaired) electrons. The summed E-state index contributed by atoms with van der Waals surface area (Å²) in [4.78, 5) is 22.5. The van der Waals surface area contributed by atoms with Gasteiger partial charge in [0.15, 0.2) is 6.10 Å². The predicted octanol–water partition coefficient (Wildman–Crippen LogP) is -0.0733. The molecular weight excluding hydrogens is 190 g/mol. The molecule has 0 saturated carbocycles. The van der Waals surface area contributed by atoms with E-state index in [2.05, 4.69) is 4.74 Å². The highest BCUT2D eigenvalue weighted by Crippen LogP contribution is 2.13. The molecule has 0 spiro atoms. The third-order valence-corrected chi connectivity index (χ3v) is 2.05. The SMILES string of the molecule is COC(=O)[C@H](C)OC1CN(C(=O)O)C1. The number of amides is 1. The fraction of sp³-hybridized carbons (Fsp3) is 0.750. The lowest BCUT2D eigenvalue weighted by Crippen LogP contribution is -2.55. The first kappa shape index (κ1) is 10.8. The van der Waals surface area contributed by atoms with Crippen LogP contribution in [0.25, 0.3) is 0 Å². The molecule has 1 saturated heterocycles. The molecular formula is C8H13NO5. The summed E-state index contributed by atoms with van der Waals surface area (Å²) in [5, 5.41) is 8.52. The molecule has 1 heterocycles. The second-order valence-corrected chi connectivity index (χ2v) is 3.11. The second kappa shape index (κ2) is 4.28. The highest BCUT2D eigenvalue weighted by molar-refractivity contribution is 5.74. The fourth-order valence-corrected chi connectivity index (χ4v) is 1.19. The van der Waals surface area contributed by atoms with Gasteiger partial charge in [0.1, 0.15) is 0 Å². The van der Waals surface area contributed by atoms with Crippen LogP contribution in [-0.4, -0.2) is 54.5 Å². The van der Waals surface area contributed by atoms with Gasteiger partial charge >= 0.3 is 12.1 Å². The first-order chi connectivity index (χ1) is 6.54. The Morgan fingerprint density at radius 2 is 2.07 bits per heavy atom. The molecule has 1 amide bonds. The van der Waals surface area contributed by atoms with Crippen molar-refractivity contribution in [2.45, 2.75) is 19.1 Å². The molecule has 14 heavy (non-hydrogen) atoms. The maximum absolute atomic E-state index is 10.9. The van der Waals surface area contributed by atoms with Gasteiger partial charge in [-0.2, -0.15) is 0 Å². The van der Waals surface area contributed by atoms with E-state index in [1.54, 1.807) is 6.92 Å². The number of hydrogen-bond acceptors (Lipinski definition) is 4. The van der Waals surface area contributed by atoms with E-state index in [4.69, 9.17) is 9.84 Å². The first-order valence-corrected chi connectivity index (χ1v) is 4.25. The molecule has 80 valence electrons. The van der Waals surface area contributed by atoms with Crippen LogP contribution in [0, 0.1) is 0 Å². The molecule has 1 aliphatic rings. The van der Waals surface area contributed by atoms with Crippen LogP contribution in [0.4, 0.5) is 4.79 Å². The van der Waals surface area contributed by atoms with E-state index in [1.165, 1.54) is 12.0 Å². The highest BCUT2D eigenvalue weighted by atomic mass is 16.6. The Hall–Kier alpha value is -1.30. The van der Waals surface area contributed by atoms with Crippen molar-refractivity contribution in [1.82, 2.24) is 4.90 Å². The van der Waals surface area contributed by atoms with E-state index in [-0.39, 0.29) is 6.10 Å². The molecule has 1 rings (SSSR count). The summed E-state index contributed by atoms with van der Waals surface area (Å²) >= 11 is 0. The van der Waals surface area contributed by atoms with Crippen LogP contribution in [0.3, 0.4) is 0 Å². The van der Waals surface area contributed by atoms with Crippen LogP contribution in [0.5, 0.6) is 0 Å². The Morgan fingerprint density at radius 3 is 2.50 bits per heavy atom. The largest absolute Gasteiger partial charge is 0.467 e. The maximum atomic E-state index is 10.9. The van der Waals surface area contributed by atoms with Gasteiger partial charge in [-0.3, -0.25) is 0 Å². The zero-order valence-corrected chi connectivity index (χ0v) is 8.10. The lowest BCUT2D eigenvalue weighted by atomic mass is 10.2. The number of esters is 1. The number of rotatable bonds is 3. The molecule has 0 aliphatic carbocycles. The molecule has 1 aliphatic heterocycles. The Bertz CT molecular complexity index is 236.